The van der Waals surface area contributed by atoms with Crippen molar-refractivity contribution in [1.29, 1.82) is 0 Å². The highest BCUT2D eigenvalue weighted by molar-refractivity contribution is 9.10. The second-order valence-electron chi connectivity index (χ2n) is 5.91. The predicted molar refractivity (Wildman–Crippen MR) is 87.8 cm³/mol. The Balaban J connectivity index is 2.66. The summed E-state index contributed by atoms with van der Waals surface area (Å²) in [6.45, 7) is 11.1. The lowest BCUT2D eigenvalue weighted by Gasteiger charge is -2.19. The maximum Gasteiger partial charge on any atom is 0.0779 e. The molecule has 0 aliphatic carbocycles. The number of rotatable bonds is 7. The zero-order valence-corrected chi connectivity index (χ0v) is 14.7. The van der Waals surface area contributed by atoms with Crippen molar-refractivity contribution < 1.29 is 4.74 Å². The van der Waals surface area contributed by atoms with Gasteiger partial charge in [-0.05, 0) is 62.2 Å². The zero-order valence-electron chi connectivity index (χ0n) is 13.2. The van der Waals surface area contributed by atoms with Crippen LogP contribution < -0.4 is 5.32 Å². The van der Waals surface area contributed by atoms with E-state index in [2.05, 4.69) is 60.1 Å². The monoisotopic (exact) mass is 343 g/mol. The second kappa shape index (κ2) is 7.96. The Kier molecular flexibility index (Phi) is 6.92. The van der Waals surface area contributed by atoms with Crippen LogP contribution in [0.3, 0.4) is 0 Å². The van der Waals surface area contributed by atoms with Crippen molar-refractivity contribution in [1.82, 2.24) is 15.1 Å². The molecule has 0 unspecified atom stereocenters. The average molecular weight is 344 g/mol. The van der Waals surface area contributed by atoms with Gasteiger partial charge in [-0.2, -0.15) is 5.10 Å². The summed E-state index contributed by atoms with van der Waals surface area (Å²) in [5, 5.41) is 7.86. The van der Waals surface area contributed by atoms with Crippen LogP contribution in [0.2, 0.25) is 0 Å². The van der Waals surface area contributed by atoms with Crippen LogP contribution in [0.25, 0.3) is 5.57 Å². The summed E-state index contributed by atoms with van der Waals surface area (Å²) < 4.78 is 8.14. The molecule has 5 heteroatoms. The Bertz CT molecular complexity index is 446. The van der Waals surface area contributed by atoms with E-state index < -0.39 is 0 Å². The molecule has 0 atom stereocenters. The molecule has 1 rings (SSSR count). The van der Waals surface area contributed by atoms with Crippen LogP contribution in [-0.2, 0) is 11.3 Å². The molecule has 0 saturated heterocycles. The Morgan fingerprint density at radius 3 is 2.80 bits per heavy atom. The molecule has 0 fully saturated rings. The van der Waals surface area contributed by atoms with Gasteiger partial charge < -0.3 is 10.1 Å². The molecule has 1 aromatic rings. The fourth-order valence-electron chi connectivity index (χ4n) is 1.93. The number of allylic oxidation sites excluding steroid dienone is 1. The highest BCUT2D eigenvalue weighted by atomic mass is 79.9. The van der Waals surface area contributed by atoms with Gasteiger partial charge in [0.2, 0.25) is 0 Å². The van der Waals surface area contributed by atoms with Gasteiger partial charge in [-0.15, -0.1) is 0 Å². The van der Waals surface area contributed by atoms with E-state index in [0.29, 0.717) is 6.61 Å². The number of halogens is 1. The van der Waals surface area contributed by atoms with Crippen LogP contribution in [0.1, 0.15) is 39.8 Å². The minimum absolute atomic E-state index is 0.169. The summed E-state index contributed by atoms with van der Waals surface area (Å²) in [5.41, 5.74) is 2.54. The lowest BCUT2D eigenvalue weighted by molar-refractivity contribution is 0.183. The van der Waals surface area contributed by atoms with Crippen LogP contribution in [-0.4, -0.2) is 35.6 Å². The van der Waals surface area contributed by atoms with Gasteiger partial charge in [0.25, 0.3) is 0 Å². The van der Waals surface area contributed by atoms with Crippen molar-refractivity contribution in [2.24, 2.45) is 0 Å². The molecule has 20 heavy (non-hydrogen) atoms. The Morgan fingerprint density at radius 1 is 1.50 bits per heavy atom. The minimum Gasteiger partial charge on any atom is -0.383 e. The minimum atomic E-state index is 0.169. The van der Waals surface area contributed by atoms with Gasteiger partial charge in [0.05, 0.1) is 29.5 Å². The SMILES string of the molecule is COCCn1ncc(Br)c1C(C)=CCCNC(C)(C)C. The van der Waals surface area contributed by atoms with E-state index in [9.17, 15) is 0 Å². The number of nitrogens with one attached hydrogen (secondary N) is 1. The predicted octanol–water partition coefficient (Wildman–Crippen LogP) is 3.47. The standard InChI is InChI=1S/C15H26BrN3O/c1-12(7-6-8-17-15(2,3)4)14-13(16)11-18-19(14)9-10-20-5/h7,11,17H,6,8-10H2,1-5H3. The molecule has 1 N–H and O–H groups in total. The number of nitrogens with zero attached hydrogens (tertiary/aromatic N) is 2. The molecule has 0 bridgehead atoms. The topological polar surface area (TPSA) is 39.1 Å². The molecule has 0 spiro atoms. The molecule has 0 aliphatic heterocycles. The third-order valence-electron chi connectivity index (χ3n) is 2.93. The lowest BCUT2D eigenvalue weighted by Crippen LogP contribution is -2.36. The Hall–Kier alpha value is -0.650. The van der Waals surface area contributed by atoms with Gasteiger partial charge >= 0.3 is 0 Å². The first-order valence-electron chi connectivity index (χ1n) is 6.97. The number of hydrogen-bond acceptors (Lipinski definition) is 3. The van der Waals surface area contributed by atoms with Gasteiger partial charge in [0, 0.05) is 12.6 Å². The third-order valence-corrected chi connectivity index (χ3v) is 3.51. The first kappa shape index (κ1) is 17.4. The Labute approximate surface area is 130 Å². The molecule has 0 aliphatic rings. The summed E-state index contributed by atoms with van der Waals surface area (Å²) >= 11 is 3.57. The number of aromatic nitrogens is 2. The number of hydrogen-bond donors (Lipinski definition) is 1. The zero-order chi connectivity index (χ0) is 15.2. The molecule has 4 nitrogen and oxygen atoms in total. The quantitative estimate of drug-likeness (QED) is 0.770. The molecule has 1 heterocycles. The van der Waals surface area contributed by atoms with Crippen molar-refractivity contribution in [2.45, 2.75) is 46.2 Å². The van der Waals surface area contributed by atoms with E-state index in [0.717, 1.165) is 29.7 Å². The van der Waals surface area contributed by atoms with Crippen molar-refractivity contribution in [3.63, 3.8) is 0 Å². The maximum atomic E-state index is 5.12. The van der Waals surface area contributed by atoms with Gasteiger partial charge in [0.15, 0.2) is 0 Å². The van der Waals surface area contributed by atoms with Crippen molar-refractivity contribution in [2.75, 3.05) is 20.3 Å². The fourth-order valence-corrected chi connectivity index (χ4v) is 2.54. The number of ether oxygens (including phenoxy) is 1. The van der Waals surface area contributed by atoms with Gasteiger partial charge in [-0.1, -0.05) is 6.08 Å². The molecular weight excluding hydrogens is 318 g/mol. The van der Waals surface area contributed by atoms with E-state index in [1.165, 1.54) is 5.57 Å². The maximum absolute atomic E-state index is 5.12. The fraction of sp³-hybridized carbons (Fsp3) is 0.667. The lowest BCUT2D eigenvalue weighted by atomic mass is 10.1. The van der Waals surface area contributed by atoms with E-state index in [4.69, 9.17) is 4.74 Å². The normalized spacial score (nSPS) is 13.0. The summed E-state index contributed by atoms with van der Waals surface area (Å²) in [4.78, 5) is 0. The molecular formula is C15H26BrN3O. The summed E-state index contributed by atoms with van der Waals surface area (Å²) in [6, 6.07) is 0. The molecule has 0 amide bonds. The van der Waals surface area contributed by atoms with E-state index in [-0.39, 0.29) is 5.54 Å². The van der Waals surface area contributed by atoms with Gasteiger partial charge in [-0.3, -0.25) is 4.68 Å². The summed E-state index contributed by atoms with van der Waals surface area (Å²) in [5.74, 6) is 0. The molecule has 1 aromatic heterocycles. The Morgan fingerprint density at radius 2 is 2.20 bits per heavy atom. The smallest absolute Gasteiger partial charge is 0.0779 e. The van der Waals surface area contributed by atoms with Crippen LogP contribution in [0, 0.1) is 0 Å². The van der Waals surface area contributed by atoms with E-state index >= 15 is 0 Å². The molecule has 0 saturated carbocycles. The van der Waals surface area contributed by atoms with E-state index in [1.54, 1.807) is 7.11 Å². The third kappa shape index (κ3) is 5.77. The van der Waals surface area contributed by atoms with Crippen molar-refractivity contribution in [3.8, 4) is 0 Å². The first-order chi connectivity index (χ1) is 9.35. The van der Waals surface area contributed by atoms with Crippen LogP contribution in [0.15, 0.2) is 16.7 Å². The highest BCUT2D eigenvalue weighted by Gasteiger charge is 2.11. The highest BCUT2D eigenvalue weighted by Crippen LogP contribution is 2.24. The van der Waals surface area contributed by atoms with Crippen molar-refractivity contribution >= 4 is 21.5 Å². The first-order valence-corrected chi connectivity index (χ1v) is 7.77. The average Bonchev–Trinajstić information content (AvgIpc) is 2.72. The molecule has 0 radical (unpaired) electrons. The molecule has 114 valence electrons. The van der Waals surface area contributed by atoms with Gasteiger partial charge in [-0.25, -0.2) is 0 Å². The summed E-state index contributed by atoms with van der Waals surface area (Å²) in [6.07, 6.45) is 5.10. The second-order valence-corrected chi connectivity index (χ2v) is 6.76. The largest absolute Gasteiger partial charge is 0.383 e. The van der Waals surface area contributed by atoms with Crippen LogP contribution in [0.4, 0.5) is 0 Å². The van der Waals surface area contributed by atoms with Crippen LogP contribution >= 0.6 is 15.9 Å². The van der Waals surface area contributed by atoms with Crippen molar-refractivity contribution in [3.05, 3.63) is 22.4 Å². The number of methoxy groups -OCH3 is 1. The van der Waals surface area contributed by atoms with E-state index in [1.807, 2.05) is 10.9 Å². The van der Waals surface area contributed by atoms with Gasteiger partial charge in [0.1, 0.15) is 0 Å². The van der Waals surface area contributed by atoms with Crippen LogP contribution in [0.5, 0.6) is 0 Å². The molecule has 0 aromatic carbocycles. The summed E-state index contributed by atoms with van der Waals surface area (Å²) in [7, 11) is 1.71.